The molecule has 0 radical (unpaired) electrons. The Morgan fingerprint density at radius 1 is 1.05 bits per heavy atom. The number of carbonyl (C=O) groups is 3. The van der Waals surface area contributed by atoms with E-state index in [2.05, 4.69) is 36.7 Å². The van der Waals surface area contributed by atoms with Gasteiger partial charge < -0.3 is 36.1 Å². The van der Waals surface area contributed by atoms with Gasteiger partial charge in [0, 0.05) is 62.7 Å². The summed E-state index contributed by atoms with van der Waals surface area (Å²) in [6, 6.07) is 20.7. The molecule has 0 aromatic heterocycles. The number of nitrogens with two attached hydrogens (primary N) is 1. The molecule has 1 unspecified atom stereocenters. The number of hydrogen-bond donors (Lipinski definition) is 4. The smallest absolute Gasteiger partial charge is 0.407 e. The molecule has 3 aromatic carbocycles. The molecule has 8 atom stereocenters. The van der Waals surface area contributed by atoms with Gasteiger partial charge in [0.25, 0.3) is 5.91 Å². The highest BCUT2D eigenvalue weighted by Gasteiger charge is 2.57. The Hall–Kier alpha value is -4.65. The van der Waals surface area contributed by atoms with Crippen LogP contribution in [0, 0.1) is 29.1 Å². The summed E-state index contributed by atoms with van der Waals surface area (Å²) < 4.78 is 12.1. The molecular weight excluding hydrogens is 709 g/mol. The number of para-hydroxylation sites is 1. The van der Waals surface area contributed by atoms with Crippen LogP contribution in [0.15, 0.2) is 66.7 Å². The number of nitrogens with zero attached hydrogens (tertiary/aromatic N) is 2. The van der Waals surface area contributed by atoms with Crippen LogP contribution in [-0.4, -0.2) is 88.6 Å². The number of methoxy groups -OCH3 is 1. The third-order valence-corrected chi connectivity index (χ3v) is 12.8. The summed E-state index contributed by atoms with van der Waals surface area (Å²) in [5.74, 6) is 1.07. The van der Waals surface area contributed by atoms with Crippen LogP contribution in [0.25, 0.3) is 11.1 Å². The Bertz CT molecular complexity index is 1870. The molecule has 3 saturated carbocycles. The standard InChI is InChI=1S/C44H60N6O6/c1-26-35-22-32(44(35,3)4)23-36(26)48-42(52)39-38(27(2)55-43(53)47-18-17-28-13-10-9-11-14-28)37(24-45)56-50(39)25-29-15-12-16-34(40(29)54-8)30-19-31(41(51)46-5)21-33(20-30)49(6)7/h9-16,19-21,26-27,32,35-39H,17-18,22-25,45H2,1-8H3,(H,46,51)(H,47,53)(H,48,52)/t26?,27-,32+,35-,36-,37-,38+,39-/m0/s1. The van der Waals surface area contributed by atoms with Gasteiger partial charge in [-0.2, -0.15) is 5.06 Å². The first-order valence-electron chi connectivity index (χ1n) is 19.9. The number of ether oxygens (including phenoxy) is 2. The summed E-state index contributed by atoms with van der Waals surface area (Å²) in [4.78, 5) is 49.2. The van der Waals surface area contributed by atoms with Crippen LogP contribution < -0.4 is 31.3 Å². The number of nitrogens with one attached hydrogen (secondary N) is 3. The summed E-state index contributed by atoms with van der Waals surface area (Å²) in [5.41, 5.74) is 11.5. The number of hydrogen-bond acceptors (Lipinski definition) is 9. The van der Waals surface area contributed by atoms with E-state index in [-0.39, 0.29) is 36.4 Å². The fraction of sp³-hybridized carbons (Fsp3) is 0.523. The fourth-order valence-electron chi connectivity index (χ4n) is 9.40. The van der Waals surface area contributed by atoms with Crippen LogP contribution >= 0.6 is 0 Å². The number of rotatable bonds is 14. The third kappa shape index (κ3) is 8.38. The number of benzene rings is 3. The van der Waals surface area contributed by atoms with Gasteiger partial charge in [0.15, 0.2) is 0 Å². The molecule has 7 rings (SSSR count). The van der Waals surface area contributed by atoms with E-state index < -0.39 is 30.3 Å². The molecule has 56 heavy (non-hydrogen) atoms. The maximum Gasteiger partial charge on any atom is 0.407 e. The van der Waals surface area contributed by atoms with Crippen molar-refractivity contribution in [2.45, 2.75) is 77.8 Å². The van der Waals surface area contributed by atoms with E-state index in [0.29, 0.717) is 42.0 Å². The Kier molecular flexibility index (Phi) is 12.6. The highest BCUT2D eigenvalue weighted by Crippen LogP contribution is 2.61. The molecule has 1 saturated heterocycles. The van der Waals surface area contributed by atoms with Gasteiger partial charge in [-0.05, 0) is 78.7 Å². The SMILES string of the molecule is CNC(=O)c1cc(-c2cccc(CN3O[C@@H](CN)[C@@H]([C@H](C)OC(=O)NCCc4ccccc4)[C@H]3C(=O)N[C@H]3C[C@H]4C[C@@H](C3C)C4(C)C)c2OC)cc(N(C)C)c1. The summed E-state index contributed by atoms with van der Waals surface area (Å²) >= 11 is 0. The summed E-state index contributed by atoms with van der Waals surface area (Å²) in [6.45, 7) is 9.45. The van der Waals surface area contributed by atoms with E-state index in [9.17, 15) is 14.4 Å². The fourth-order valence-corrected chi connectivity index (χ4v) is 9.40. The van der Waals surface area contributed by atoms with E-state index in [1.54, 1.807) is 26.1 Å². The molecule has 4 aliphatic rings. The molecule has 4 fully saturated rings. The monoisotopic (exact) mass is 768 g/mol. The Morgan fingerprint density at radius 2 is 1.80 bits per heavy atom. The van der Waals surface area contributed by atoms with Crippen molar-refractivity contribution in [3.05, 3.63) is 83.4 Å². The van der Waals surface area contributed by atoms with E-state index in [4.69, 9.17) is 20.0 Å². The second kappa shape index (κ2) is 17.2. The van der Waals surface area contributed by atoms with Gasteiger partial charge in [0.1, 0.15) is 17.9 Å². The van der Waals surface area contributed by atoms with Crippen LogP contribution in [0.4, 0.5) is 10.5 Å². The second-order valence-corrected chi connectivity index (χ2v) is 16.6. The number of amides is 3. The topological polar surface area (TPSA) is 147 Å². The zero-order valence-electron chi connectivity index (χ0n) is 34.1. The predicted molar refractivity (Wildman–Crippen MR) is 218 cm³/mol. The summed E-state index contributed by atoms with van der Waals surface area (Å²) in [7, 11) is 7.08. The van der Waals surface area contributed by atoms with Crippen LogP contribution in [0.1, 0.15) is 62.0 Å². The van der Waals surface area contributed by atoms with Crippen LogP contribution in [-0.2, 0) is 27.3 Å². The normalized spacial score (nSPS) is 25.7. The highest BCUT2D eigenvalue weighted by molar-refractivity contribution is 5.97. The maximum absolute atomic E-state index is 14.7. The van der Waals surface area contributed by atoms with E-state index in [1.807, 2.05) is 85.7 Å². The molecule has 2 bridgehead atoms. The van der Waals surface area contributed by atoms with Crippen LogP contribution in [0.2, 0.25) is 0 Å². The first-order valence-corrected chi connectivity index (χ1v) is 19.9. The average molecular weight is 769 g/mol. The predicted octanol–water partition coefficient (Wildman–Crippen LogP) is 5.39. The van der Waals surface area contributed by atoms with Crippen molar-refractivity contribution in [1.82, 2.24) is 21.0 Å². The van der Waals surface area contributed by atoms with Crippen molar-refractivity contribution >= 4 is 23.6 Å². The van der Waals surface area contributed by atoms with Crippen molar-refractivity contribution in [1.29, 1.82) is 0 Å². The molecule has 1 aliphatic heterocycles. The molecule has 12 heteroatoms. The van der Waals surface area contributed by atoms with Crippen molar-refractivity contribution < 1.29 is 28.7 Å². The molecule has 1 heterocycles. The lowest BCUT2D eigenvalue weighted by Gasteiger charge is -2.62. The number of hydroxylamine groups is 2. The van der Waals surface area contributed by atoms with Gasteiger partial charge in [-0.25, -0.2) is 4.79 Å². The Balaban J connectivity index is 1.29. The largest absolute Gasteiger partial charge is 0.496 e. The van der Waals surface area contributed by atoms with Crippen LogP contribution in [0.3, 0.4) is 0 Å². The highest BCUT2D eigenvalue weighted by atomic mass is 16.7. The summed E-state index contributed by atoms with van der Waals surface area (Å²) in [5, 5.41) is 10.7. The second-order valence-electron chi connectivity index (χ2n) is 16.6. The van der Waals surface area contributed by atoms with Gasteiger partial charge in [0.2, 0.25) is 5.91 Å². The van der Waals surface area contributed by atoms with Gasteiger partial charge in [-0.3, -0.25) is 14.4 Å². The molecule has 12 nitrogen and oxygen atoms in total. The Labute approximate surface area is 331 Å². The quantitative estimate of drug-likeness (QED) is 0.170. The average Bonchev–Trinajstić information content (AvgIpc) is 3.56. The lowest BCUT2D eigenvalue weighted by atomic mass is 9.45. The first kappa shape index (κ1) is 41.0. The minimum Gasteiger partial charge on any atom is -0.496 e. The lowest BCUT2D eigenvalue weighted by Crippen LogP contribution is -2.62. The van der Waals surface area contributed by atoms with Crippen molar-refractivity contribution in [3.63, 3.8) is 0 Å². The summed E-state index contributed by atoms with van der Waals surface area (Å²) in [6.07, 6.45) is 0.907. The minimum atomic E-state index is -0.820. The third-order valence-electron chi connectivity index (χ3n) is 12.8. The minimum absolute atomic E-state index is 0.0209. The van der Waals surface area contributed by atoms with E-state index in [0.717, 1.165) is 34.4 Å². The number of carbonyl (C=O) groups excluding carboxylic acids is 3. The van der Waals surface area contributed by atoms with E-state index >= 15 is 0 Å². The molecule has 3 aliphatic carbocycles. The number of fused-ring (bicyclic) bond motifs is 2. The molecule has 0 spiro atoms. The number of anilines is 1. The zero-order chi connectivity index (χ0) is 40.3. The molecule has 5 N–H and O–H groups in total. The zero-order valence-corrected chi connectivity index (χ0v) is 34.1. The van der Waals surface area contributed by atoms with Crippen molar-refractivity contribution in [3.8, 4) is 16.9 Å². The van der Waals surface area contributed by atoms with Gasteiger partial charge in [0.05, 0.1) is 25.7 Å². The van der Waals surface area contributed by atoms with Gasteiger partial charge >= 0.3 is 6.09 Å². The molecular formula is C44H60N6O6. The first-order chi connectivity index (χ1) is 26.8. The van der Waals surface area contributed by atoms with E-state index in [1.165, 1.54) is 6.42 Å². The van der Waals surface area contributed by atoms with Crippen LogP contribution in [0.5, 0.6) is 5.75 Å². The lowest BCUT2D eigenvalue weighted by molar-refractivity contribution is -0.175. The van der Waals surface area contributed by atoms with Crippen molar-refractivity contribution in [2.24, 2.45) is 34.8 Å². The van der Waals surface area contributed by atoms with Crippen molar-refractivity contribution in [2.75, 3.05) is 46.2 Å². The molecule has 3 aromatic rings. The molecule has 302 valence electrons. The maximum atomic E-state index is 14.7. The molecule has 3 amide bonds. The van der Waals surface area contributed by atoms with Gasteiger partial charge in [-0.1, -0.05) is 69.3 Å². The number of alkyl carbamates (subject to hydrolysis) is 1. The Morgan fingerprint density at radius 3 is 2.45 bits per heavy atom. The van der Waals surface area contributed by atoms with Gasteiger partial charge in [-0.15, -0.1) is 0 Å².